The number of carboxylic acid groups (broad SMARTS) is 1. The summed E-state index contributed by atoms with van der Waals surface area (Å²) < 4.78 is 4.77. The molecule has 0 rings (SSSR count). The lowest BCUT2D eigenvalue weighted by molar-refractivity contribution is -0.139. The van der Waals surface area contributed by atoms with Crippen LogP contribution in [0.1, 0.15) is 12.8 Å². The maximum Gasteiger partial charge on any atom is 0.303 e. The Hall–Kier alpha value is -0.690. The quantitative estimate of drug-likeness (QED) is 0.365. The third kappa shape index (κ3) is 6.05. The van der Waals surface area contributed by atoms with E-state index in [9.17, 15) is 4.79 Å². The van der Waals surface area contributed by atoms with Crippen LogP contribution >= 0.6 is 0 Å². The average molecular weight is 178 g/mol. The summed E-state index contributed by atoms with van der Waals surface area (Å²) in [6.07, 6.45) is -0.138. The van der Waals surface area contributed by atoms with Gasteiger partial charge in [0.1, 0.15) is 0 Å². The van der Waals surface area contributed by atoms with Crippen LogP contribution in [0.5, 0.6) is 0 Å². The van der Waals surface area contributed by atoms with E-state index in [1.807, 2.05) is 0 Å². The highest BCUT2D eigenvalue weighted by Crippen LogP contribution is 2.03. The second-order valence-corrected chi connectivity index (χ2v) is 2.42. The molecule has 12 heavy (non-hydrogen) atoms. The van der Waals surface area contributed by atoms with Crippen LogP contribution in [0.3, 0.4) is 0 Å². The first-order valence-electron chi connectivity index (χ1n) is 3.52. The highest BCUT2D eigenvalue weighted by molar-refractivity contribution is 5.66. The number of carbonyl (C=O) groups is 1. The fraction of sp³-hybridized carbons (Fsp3) is 0.833. The molecule has 6 nitrogen and oxygen atoms in total. The van der Waals surface area contributed by atoms with Gasteiger partial charge < -0.3 is 14.9 Å². The summed E-state index contributed by atoms with van der Waals surface area (Å²) in [5, 5.41) is 16.6. The van der Waals surface area contributed by atoms with E-state index in [-0.39, 0.29) is 26.1 Å². The van der Waals surface area contributed by atoms with E-state index in [0.29, 0.717) is 0 Å². The van der Waals surface area contributed by atoms with Crippen LogP contribution in [-0.2, 0) is 9.53 Å². The van der Waals surface area contributed by atoms with Crippen LogP contribution in [0.2, 0.25) is 0 Å². The zero-order valence-corrected chi connectivity index (χ0v) is 6.69. The molecule has 0 atom stereocenters. The maximum atomic E-state index is 10.1. The first-order chi connectivity index (χ1) is 5.48. The van der Waals surface area contributed by atoms with Crippen LogP contribution in [-0.4, -0.2) is 35.2 Å². The third-order valence-electron chi connectivity index (χ3n) is 1.19. The Bertz CT molecular complexity index is 148. The molecule has 0 amide bonds. The van der Waals surface area contributed by atoms with Gasteiger partial charge in [0.2, 0.25) is 0 Å². The van der Waals surface area contributed by atoms with E-state index in [1.54, 1.807) is 0 Å². The Balaban J connectivity index is 3.63. The van der Waals surface area contributed by atoms with Gasteiger partial charge in [-0.25, -0.2) is 0 Å². The summed E-state index contributed by atoms with van der Waals surface area (Å²) in [7, 11) is 0. The number of aliphatic carboxylic acids is 1. The van der Waals surface area contributed by atoms with Gasteiger partial charge in [-0.15, -0.1) is 0 Å². The van der Waals surface area contributed by atoms with Crippen molar-refractivity contribution < 1.29 is 19.7 Å². The molecule has 0 spiro atoms. The lowest BCUT2D eigenvalue weighted by Crippen LogP contribution is -2.52. The number of ether oxygens (including phenoxy) is 1. The molecular formula is C6H14N2O4. The molecule has 0 aromatic heterocycles. The summed E-state index contributed by atoms with van der Waals surface area (Å²) >= 11 is 0. The largest absolute Gasteiger partial charge is 0.481 e. The van der Waals surface area contributed by atoms with E-state index < -0.39 is 11.8 Å². The van der Waals surface area contributed by atoms with Gasteiger partial charge in [0, 0.05) is 6.42 Å². The van der Waals surface area contributed by atoms with E-state index in [4.69, 9.17) is 26.4 Å². The number of hydrogen-bond acceptors (Lipinski definition) is 5. The summed E-state index contributed by atoms with van der Waals surface area (Å²) in [5.74, 6) is -2.44. The van der Waals surface area contributed by atoms with Crippen molar-refractivity contribution in [1.29, 1.82) is 0 Å². The Kier molecular flexibility index (Phi) is 4.75. The molecule has 6 heteroatoms. The molecule has 0 aliphatic rings. The Labute approximate surface area is 70.1 Å². The van der Waals surface area contributed by atoms with Gasteiger partial charge in [-0.3, -0.25) is 16.3 Å². The molecule has 0 aliphatic heterocycles. The second-order valence-electron chi connectivity index (χ2n) is 2.42. The van der Waals surface area contributed by atoms with Crippen LogP contribution in [0.15, 0.2) is 0 Å². The molecule has 0 aromatic carbocycles. The van der Waals surface area contributed by atoms with Crippen molar-refractivity contribution in [2.75, 3.05) is 13.2 Å². The van der Waals surface area contributed by atoms with E-state index >= 15 is 0 Å². The molecule has 0 bridgehead atoms. The predicted molar refractivity (Wildman–Crippen MR) is 41.0 cm³/mol. The third-order valence-corrected chi connectivity index (χ3v) is 1.19. The predicted octanol–water partition coefficient (Wildman–Crippen LogP) is -1.57. The molecule has 0 fully saturated rings. The van der Waals surface area contributed by atoms with Crippen molar-refractivity contribution in [3.8, 4) is 0 Å². The lowest BCUT2D eigenvalue weighted by Gasteiger charge is -2.23. The van der Waals surface area contributed by atoms with Crippen molar-refractivity contribution in [2.45, 2.75) is 18.7 Å². The van der Waals surface area contributed by atoms with Crippen molar-refractivity contribution in [3.05, 3.63) is 0 Å². The fourth-order valence-corrected chi connectivity index (χ4v) is 0.610. The van der Waals surface area contributed by atoms with Gasteiger partial charge in [0.05, 0.1) is 19.6 Å². The van der Waals surface area contributed by atoms with E-state index in [0.717, 1.165) is 0 Å². The summed E-state index contributed by atoms with van der Waals surface area (Å²) in [4.78, 5) is 10.1. The molecule has 0 unspecified atom stereocenters. The SMILES string of the molecule is NC(N)(CCC(=O)O)OCCO. The van der Waals surface area contributed by atoms with Gasteiger partial charge in [-0.2, -0.15) is 0 Å². The number of nitrogens with two attached hydrogens (primary N) is 2. The van der Waals surface area contributed by atoms with Crippen LogP contribution in [0, 0.1) is 0 Å². The van der Waals surface area contributed by atoms with E-state index in [2.05, 4.69) is 0 Å². The Morgan fingerprint density at radius 2 is 2.08 bits per heavy atom. The minimum absolute atomic E-state index is 0.00657. The molecular weight excluding hydrogens is 164 g/mol. The second kappa shape index (κ2) is 5.04. The molecule has 0 saturated heterocycles. The molecule has 0 radical (unpaired) electrons. The topological polar surface area (TPSA) is 119 Å². The van der Waals surface area contributed by atoms with Crippen LogP contribution in [0.4, 0.5) is 0 Å². The average Bonchev–Trinajstić information content (AvgIpc) is 1.98. The molecule has 72 valence electrons. The highest BCUT2D eigenvalue weighted by atomic mass is 16.5. The smallest absolute Gasteiger partial charge is 0.303 e. The van der Waals surface area contributed by atoms with E-state index in [1.165, 1.54) is 0 Å². The highest BCUT2D eigenvalue weighted by Gasteiger charge is 2.20. The molecule has 0 aliphatic carbocycles. The zero-order chi connectivity index (χ0) is 9.61. The zero-order valence-electron chi connectivity index (χ0n) is 6.69. The fourth-order valence-electron chi connectivity index (χ4n) is 0.610. The number of aliphatic hydroxyl groups is 1. The first kappa shape index (κ1) is 11.3. The lowest BCUT2D eigenvalue weighted by atomic mass is 10.2. The number of aliphatic hydroxyl groups excluding tert-OH is 1. The van der Waals surface area contributed by atoms with Crippen LogP contribution in [0.25, 0.3) is 0 Å². The minimum atomic E-state index is -1.46. The molecule has 0 aromatic rings. The van der Waals surface area contributed by atoms with Crippen molar-refractivity contribution in [3.63, 3.8) is 0 Å². The molecule has 0 heterocycles. The number of hydrogen-bond donors (Lipinski definition) is 4. The van der Waals surface area contributed by atoms with Crippen molar-refractivity contribution in [1.82, 2.24) is 0 Å². The molecule has 6 N–H and O–H groups in total. The number of rotatable bonds is 6. The van der Waals surface area contributed by atoms with Crippen molar-refractivity contribution in [2.24, 2.45) is 11.5 Å². The maximum absolute atomic E-state index is 10.1. The Morgan fingerprint density at radius 1 is 1.50 bits per heavy atom. The normalized spacial score (nSPS) is 11.6. The van der Waals surface area contributed by atoms with Gasteiger partial charge in [-0.05, 0) is 0 Å². The monoisotopic (exact) mass is 178 g/mol. The first-order valence-corrected chi connectivity index (χ1v) is 3.52. The van der Waals surface area contributed by atoms with Gasteiger partial charge in [0.15, 0.2) is 5.85 Å². The number of carboxylic acids is 1. The van der Waals surface area contributed by atoms with Gasteiger partial charge in [0.25, 0.3) is 0 Å². The van der Waals surface area contributed by atoms with Crippen LogP contribution < -0.4 is 11.5 Å². The summed E-state index contributed by atoms with van der Waals surface area (Å²) in [5.41, 5.74) is 10.7. The Morgan fingerprint density at radius 3 is 2.50 bits per heavy atom. The van der Waals surface area contributed by atoms with Crippen molar-refractivity contribution >= 4 is 5.97 Å². The standard InChI is InChI=1S/C6H14N2O4/c7-6(8,12-4-3-9)2-1-5(10)11/h9H,1-4,7-8H2,(H,10,11). The summed E-state index contributed by atoms with van der Waals surface area (Å²) in [6, 6.07) is 0. The molecule has 0 saturated carbocycles. The van der Waals surface area contributed by atoms with Gasteiger partial charge in [-0.1, -0.05) is 0 Å². The minimum Gasteiger partial charge on any atom is -0.481 e. The summed E-state index contributed by atoms with van der Waals surface area (Å²) in [6.45, 7) is -0.185. The van der Waals surface area contributed by atoms with Gasteiger partial charge >= 0.3 is 5.97 Å².